The predicted octanol–water partition coefficient (Wildman–Crippen LogP) is 10.5. The van der Waals surface area contributed by atoms with E-state index in [4.69, 9.17) is 9.47 Å². The van der Waals surface area contributed by atoms with E-state index in [0.29, 0.717) is 24.7 Å². The Balaban J connectivity index is 2.54. The fraction of sp³-hybridized carbons (Fsp3) is 0.769. The number of hydrogen-bond donors (Lipinski definition) is 2. The summed E-state index contributed by atoms with van der Waals surface area (Å²) in [5.74, 6) is -2.23. The van der Waals surface area contributed by atoms with Crippen molar-refractivity contribution in [1.29, 1.82) is 0 Å². The van der Waals surface area contributed by atoms with Crippen molar-refractivity contribution >= 4 is 17.8 Å². The van der Waals surface area contributed by atoms with E-state index in [1.54, 1.807) is 18.2 Å². The number of hydrogen-bond acceptors (Lipinski definition) is 5. The molecule has 0 radical (unpaired) electrons. The first-order chi connectivity index (χ1) is 22.9. The standard InChI is InChI=1S/C39H67NO7/c1-3-5-7-9-11-13-15-17-19-21-23-25-29-46-35-28-27-34(39(45)40(32-37(41)42)33-38(43)44)31-36(35)47-30-26-24-22-20-18-16-14-12-10-8-6-4-2/h27-28,31H,3-26,29-30,32-33H2,1-2H3,(H,41,42)(H,43,44). The van der Waals surface area contributed by atoms with Gasteiger partial charge in [-0.3, -0.25) is 14.4 Å². The zero-order valence-electron chi connectivity index (χ0n) is 29.9. The van der Waals surface area contributed by atoms with E-state index >= 15 is 0 Å². The highest BCUT2D eigenvalue weighted by molar-refractivity contribution is 5.98. The van der Waals surface area contributed by atoms with Crippen molar-refractivity contribution in [3.63, 3.8) is 0 Å². The van der Waals surface area contributed by atoms with Crippen LogP contribution in [-0.4, -0.2) is 59.3 Å². The van der Waals surface area contributed by atoms with Crippen molar-refractivity contribution < 1.29 is 34.1 Å². The highest BCUT2D eigenvalue weighted by atomic mass is 16.5. The molecular weight excluding hydrogens is 594 g/mol. The summed E-state index contributed by atoms with van der Waals surface area (Å²) in [6, 6.07) is 4.77. The molecule has 0 bridgehead atoms. The average Bonchev–Trinajstić information content (AvgIpc) is 3.04. The normalized spacial score (nSPS) is 11.0. The van der Waals surface area contributed by atoms with Gasteiger partial charge in [0.1, 0.15) is 13.1 Å². The van der Waals surface area contributed by atoms with Crippen molar-refractivity contribution in [1.82, 2.24) is 4.90 Å². The van der Waals surface area contributed by atoms with E-state index in [-0.39, 0.29) is 5.56 Å². The number of aliphatic carboxylic acids is 2. The number of carbonyl (C=O) groups is 3. The van der Waals surface area contributed by atoms with Crippen LogP contribution in [0.3, 0.4) is 0 Å². The molecule has 0 aliphatic heterocycles. The van der Waals surface area contributed by atoms with Crippen molar-refractivity contribution in [3.8, 4) is 11.5 Å². The molecule has 0 spiro atoms. The first-order valence-electron chi connectivity index (χ1n) is 19.0. The zero-order chi connectivity index (χ0) is 34.4. The molecule has 47 heavy (non-hydrogen) atoms. The van der Waals surface area contributed by atoms with Crippen molar-refractivity contribution in [2.45, 2.75) is 168 Å². The van der Waals surface area contributed by atoms with Gasteiger partial charge in [0.2, 0.25) is 0 Å². The van der Waals surface area contributed by atoms with Crippen LogP contribution < -0.4 is 9.47 Å². The molecule has 1 aromatic rings. The van der Waals surface area contributed by atoms with Gasteiger partial charge in [-0.2, -0.15) is 0 Å². The molecule has 0 heterocycles. The van der Waals surface area contributed by atoms with Gasteiger partial charge in [0.05, 0.1) is 13.2 Å². The average molecular weight is 662 g/mol. The van der Waals surface area contributed by atoms with Crippen LogP contribution in [0, 0.1) is 0 Å². The van der Waals surface area contributed by atoms with Gasteiger partial charge in [-0.1, -0.05) is 155 Å². The minimum Gasteiger partial charge on any atom is -0.490 e. The zero-order valence-corrected chi connectivity index (χ0v) is 29.9. The number of unbranched alkanes of at least 4 members (excludes halogenated alkanes) is 22. The Morgan fingerprint density at radius 2 is 0.851 bits per heavy atom. The lowest BCUT2D eigenvalue weighted by Crippen LogP contribution is -2.39. The highest BCUT2D eigenvalue weighted by Crippen LogP contribution is 2.30. The van der Waals surface area contributed by atoms with Gasteiger partial charge in [0, 0.05) is 5.56 Å². The maximum absolute atomic E-state index is 13.1. The molecule has 1 aromatic carbocycles. The fourth-order valence-corrected chi connectivity index (χ4v) is 5.83. The summed E-state index contributed by atoms with van der Waals surface area (Å²) in [7, 11) is 0. The van der Waals surface area contributed by atoms with Gasteiger partial charge in [-0.25, -0.2) is 0 Å². The summed E-state index contributed by atoms with van der Waals surface area (Å²) in [4.78, 5) is 36.4. The molecule has 1 rings (SSSR count). The van der Waals surface area contributed by atoms with E-state index in [0.717, 1.165) is 30.6 Å². The molecule has 8 nitrogen and oxygen atoms in total. The summed E-state index contributed by atoms with van der Waals surface area (Å²) < 4.78 is 12.2. The van der Waals surface area contributed by atoms with Gasteiger partial charge in [-0.15, -0.1) is 0 Å². The van der Waals surface area contributed by atoms with Crippen LogP contribution >= 0.6 is 0 Å². The first-order valence-corrected chi connectivity index (χ1v) is 19.0. The van der Waals surface area contributed by atoms with Gasteiger partial charge in [-0.05, 0) is 31.0 Å². The molecule has 8 heteroatoms. The van der Waals surface area contributed by atoms with Crippen molar-refractivity contribution in [3.05, 3.63) is 23.8 Å². The van der Waals surface area contributed by atoms with Crippen molar-refractivity contribution in [2.24, 2.45) is 0 Å². The monoisotopic (exact) mass is 661 g/mol. The van der Waals surface area contributed by atoms with Crippen LogP contribution in [0.5, 0.6) is 11.5 Å². The van der Waals surface area contributed by atoms with Crippen LogP contribution in [0.15, 0.2) is 18.2 Å². The molecule has 2 N–H and O–H groups in total. The topological polar surface area (TPSA) is 113 Å². The van der Waals surface area contributed by atoms with E-state index in [2.05, 4.69) is 13.8 Å². The fourth-order valence-electron chi connectivity index (χ4n) is 5.83. The first kappa shape index (κ1) is 42.3. The summed E-state index contributed by atoms with van der Waals surface area (Å²) in [6.45, 7) is 4.14. The molecule has 0 aliphatic carbocycles. The molecular formula is C39H67NO7. The summed E-state index contributed by atoms with van der Waals surface area (Å²) >= 11 is 0. The number of ether oxygens (including phenoxy) is 2. The van der Waals surface area contributed by atoms with Crippen LogP contribution in [-0.2, 0) is 9.59 Å². The molecule has 0 saturated heterocycles. The molecule has 0 fully saturated rings. The minimum atomic E-state index is -1.27. The third-order valence-corrected chi connectivity index (χ3v) is 8.64. The molecule has 1 amide bonds. The molecule has 0 aliphatic rings. The molecule has 270 valence electrons. The Morgan fingerprint density at radius 1 is 0.511 bits per heavy atom. The van der Waals surface area contributed by atoms with E-state index in [1.807, 2.05) is 0 Å². The van der Waals surface area contributed by atoms with Gasteiger partial charge in [0.25, 0.3) is 5.91 Å². The van der Waals surface area contributed by atoms with Crippen LogP contribution in [0.2, 0.25) is 0 Å². The Morgan fingerprint density at radius 3 is 1.21 bits per heavy atom. The third-order valence-electron chi connectivity index (χ3n) is 8.64. The molecule has 0 atom stereocenters. The number of nitrogens with zero attached hydrogens (tertiary/aromatic N) is 1. The smallest absolute Gasteiger partial charge is 0.323 e. The maximum atomic E-state index is 13.1. The number of carbonyl (C=O) groups excluding carboxylic acids is 1. The quantitative estimate of drug-likeness (QED) is 0.0721. The second kappa shape index (κ2) is 29.4. The Labute approximate surface area is 286 Å². The van der Waals surface area contributed by atoms with E-state index < -0.39 is 30.9 Å². The Hall–Kier alpha value is -2.77. The van der Waals surface area contributed by atoms with Crippen LogP contribution in [0.25, 0.3) is 0 Å². The Bertz CT molecular complexity index is 935. The number of carboxylic acids is 2. The van der Waals surface area contributed by atoms with Crippen LogP contribution in [0.1, 0.15) is 178 Å². The lowest BCUT2D eigenvalue weighted by molar-refractivity contribution is -0.140. The third kappa shape index (κ3) is 23.2. The van der Waals surface area contributed by atoms with E-state index in [1.165, 1.54) is 128 Å². The number of benzene rings is 1. The SMILES string of the molecule is CCCCCCCCCCCCCCOc1ccc(C(=O)N(CC(=O)O)CC(=O)O)cc1OCCCCCCCCCCCCCC. The van der Waals surface area contributed by atoms with E-state index in [9.17, 15) is 24.6 Å². The van der Waals surface area contributed by atoms with Gasteiger partial charge in [0.15, 0.2) is 11.5 Å². The van der Waals surface area contributed by atoms with Crippen molar-refractivity contribution in [2.75, 3.05) is 26.3 Å². The number of carboxylic acid groups (broad SMARTS) is 2. The molecule has 0 unspecified atom stereocenters. The second-order valence-electron chi connectivity index (χ2n) is 13.1. The minimum absolute atomic E-state index is 0.176. The lowest BCUT2D eigenvalue weighted by atomic mass is 10.1. The maximum Gasteiger partial charge on any atom is 0.323 e. The molecule has 0 aromatic heterocycles. The predicted molar refractivity (Wildman–Crippen MR) is 191 cm³/mol. The van der Waals surface area contributed by atoms with Gasteiger partial charge < -0.3 is 24.6 Å². The summed E-state index contributed by atoms with van der Waals surface area (Å²) in [5, 5.41) is 18.4. The van der Waals surface area contributed by atoms with Crippen LogP contribution in [0.4, 0.5) is 0 Å². The summed E-state index contributed by atoms with van der Waals surface area (Å²) in [6.07, 6.45) is 30.2. The van der Waals surface area contributed by atoms with Gasteiger partial charge >= 0.3 is 11.9 Å². The Kier molecular flexibility index (Phi) is 26.4. The largest absolute Gasteiger partial charge is 0.490 e. The molecule has 0 saturated carbocycles. The summed E-state index contributed by atoms with van der Waals surface area (Å²) in [5.41, 5.74) is 0.176. The lowest BCUT2D eigenvalue weighted by Gasteiger charge is -2.20. The highest BCUT2D eigenvalue weighted by Gasteiger charge is 2.22. The number of amides is 1. The second-order valence-corrected chi connectivity index (χ2v) is 13.1. The number of rotatable bonds is 33.